The zero-order chi connectivity index (χ0) is 41.5. The minimum Gasteiger partial charge on any atom is -0.456 e. The van der Waals surface area contributed by atoms with Gasteiger partial charge in [-0.3, -0.25) is 0 Å². The lowest BCUT2D eigenvalue weighted by molar-refractivity contribution is 0.622. The van der Waals surface area contributed by atoms with Crippen LogP contribution in [0.4, 0.5) is 0 Å². The molecule has 0 unspecified atom stereocenters. The molecule has 3 heterocycles. The molecule has 0 atom stereocenters. The molecule has 13 rings (SSSR count). The van der Waals surface area contributed by atoms with Gasteiger partial charge in [0.2, 0.25) is 5.89 Å². The van der Waals surface area contributed by atoms with E-state index in [2.05, 4.69) is 127 Å². The quantitative estimate of drug-likeness (QED) is 0.167. The Kier molecular flexibility index (Phi) is 7.72. The van der Waals surface area contributed by atoms with E-state index in [0.29, 0.717) is 28.9 Å². The van der Waals surface area contributed by atoms with Crippen LogP contribution in [0.3, 0.4) is 0 Å². The zero-order valence-electron chi connectivity index (χ0n) is 33.7. The molecule has 0 bridgehead atoms. The van der Waals surface area contributed by atoms with Crippen molar-refractivity contribution in [2.75, 3.05) is 0 Å². The molecular formula is C57H34N4O2. The van der Waals surface area contributed by atoms with Gasteiger partial charge in [-0.25, -0.2) is 19.9 Å². The van der Waals surface area contributed by atoms with Gasteiger partial charge in [0.25, 0.3) is 0 Å². The van der Waals surface area contributed by atoms with E-state index in [4.69, 9.17) is 28.8 Å². The van der Waals surface area contributed by atoms with E-state index in [1.807, 2.05) is 78.9 Å². The van der Waals surface area contributed by atoms with Gasteiger partial charge in [0.1, 0.15) is 16.7 Å². The molecule has 1 aliphatic carbocycles. The van der Waals surface area contributed by atoms with Crippen molar-refractivity contribution in [3.63, 3.8) is 0 Å². The van der Waals surface area contributed by atoms with Crippen molar-refractivity contribution in [3.05, 3.63) is 229 Å². The minimum absolute atomic E-state index is 0.559. The van der Waals surface area contributed by atoms with E-state index in [9.17, 15) is 0 Å². The van der Waals surface area contributed by atoms with Gasteiger partial charge in [-0.2, -0.15) is 0 Å². The van der Waals surface area contributed by atoms with Crippen molar-refractivity contribution in [2.45, 2.75) is 5.41 Å². The molecule has 0 fully saturated rings. The molecule has 294 valence electrons. The summed E-state index contributed by atoms with van der Waals surface area (Å²) >= 11 is 0. The summed E-state index contributed by atoms with van der Waals surface area (Å²) < 4.78 is 13.0. The van der Waals surface area contributed by atoms with Gasteiger partial charge in [-0.15, -0.1) is 0 Å². The minimum atomic E-state index is -0.559. The Morgan fingerprint density at radius 2 is 0.905 bits per heavy atom. The maximum Gasteiger partial charge on any atom is 0.227 e. The first-order valence-corrected chi connectivity index (χ1v) is 21.1. The van der Waals surface area contributed by atoms with Crippen LogP contribution >= 0.6 is 0 Å². The Hall–Kier alpha value is -8.48. The Balaban J connectivity index is 1.03. The molecule has 0 radical (unpaired) electrons. The van der Waals surface area contributed by atoms with Gasteiger partial charge in [0, 0.05) is 27.6 Å². The summed E-state index contributed by atoms with van der Waals surface area (Å²) in [5, 5.41) is 3.91. The van der Waals surface area contributed by atoms with Crippen molar-refractivity contribution in [1.29, 1.82) is 0 Å². The van der Waals surface area contributed by atoms with Crippen LogP contribution in [0.5, 0.6) is 0 Å². The van der Waals surface area contributed by atoms with E-state index >= 15 is 0 Å². The maximum atomic E-state index is 6.55. The van der Waals surface area contributed by atoms with Gasteiger partial charge in [-0.05, 0) is 86.6 Å². The van der Waals surface area contributed by atoms with Gasteiger partial charge < -0.3 is 8.83 Å². The Bertz CT molecular complexity index is 3690. The number of furan rings is 1. The average molecular weight is 807 g/mol. The van der Waals surface area contributed by atoms with Crippen LogP contribution < -0.4 is 0 Å². The predicted molar refractivity (Wildman–Crippen MR) is 251 cm³/mol. The fourth-order valence-electron chi connectivity index (χ4n) is 9.83. The summed E-state index contributed by atoms with van der Waals surface area (Å²) in [5.74, 6) is 2.33. The third kappa shape index (κ3) is 5.38. The molecule has 0 saturated heterocycles. The molecule has 0 N–H and O–H groups in total. The number of hydrogen-bond acceptors (Lipinski definition) is 6. The molecular weight excluding hydrogens is 773 g/mol. The molecule has 1 aliphatic rings. The van der Waals surface area contributed by atoms with Crippen LogP contribution in [-0.2, 0) is 5.41 Å². The number of aromatic nitrogens is 4. The van der Waals surface area contributed by atoms with Crippen LogP contribution in [0.1, 0.15) is 22.3 Å². The Morgan fingerprint density at radius 3 is 1.62 bits per heavy atom. The zero-order valence-corrected chi connectivity index (χ0v) is 33.7. The normalized spacial score (nSPS) is 12.9. The highest BCUT2D eigenvalue weighted by atomic mass is 16.4. The lowest BCUT2D eigenvalue weighted by atomic mass is 9.67. The highest BCUT2D eigenvalue weighted by Gasteiger charge is 2.46. The van der Waals surface area contributed by atoms with Crippen LogP contribution in [0.25, 0.3) is 101 Å². The molecule has 3 aromatic heterocycles. The summed E-state index contributed by atoms with van der Waals surface area (Å²) in [6.07, 6.45) is 0. The van der Waals surface area contributed by atoms with Crippen LogP contribution in [-0.4, -0.2) is 19.9 Å². The summed E-state index contributed by atoms with van der Waals surface area (Å²) in [6.45, 7) is 0. The second kappa shape index (κ2) is 13.8. The SMILES string of the molecule is c1ccc(-c2nc(-c3ccc4c(c3)C(c3ccccc3)(c3ccccc3)c3ccccc3-4)nc(-c3ccc4ccc5oc6ccc7nc(-c8ccccc8)oc7c6c5c4c3)n2)cc1. The molecule has 0 aliphatic heterocycles. The van der Waals surface area contributed by atoms with Crippen LogP contribution in [0.2, 0.25) is 0 Å². The van der Waals surface area contributed by atoms with Crippen molar-refractivity contribution < 1.29 is 8.83 Å². The molecule has 6 heteroatoms. The Labute approximate surface area is 361 Å². The van der Waals surface area contributed by atoms with Crippen molar-refractivity contribution in [2.24, 2.45) is 0 Å². The van der Waals surface area contributed by atoms with Crippen LogP contribution in [0, 0.1) is 0 Å². The number of nitrogens with zero attached hydrogens (tertiary/aromatic N) is 4. The van der Waals surface area contributed by atoms with E-state index in [1.54, 1.807) is 0 Å². The first-order chi connectivity index (χ1) is 31.2. The average Bonchev–Trinajstić information content (AvgIpc) is 4.06. The maximum absolute atomic E-state index is 6.55. The van der Waals surface area contributed by atoms with E-state index in [0.717, 1.165) is 60.5 Å². The topological polar surface area (TPSA) is 77.8 Å². The monoisotopic (exact) mass is 806 g/mol. The van der Waals surface area contributed by atoms with Crippen molar-refractivity contribution >= 4 is 43.8 Å². The molecule has 63 heavy (non-hydrogen) atoms. The molecule has 6 nitrogen and oxygen atoms in total. The summed E-state index contributed by atoms with van der Waals surface area (Å²) in [5.41, 5.74) is 13.3. The Morgan fingerprint density at radius 1 is 0.365 bits per heavy atom. The molecule has 12 aromatic rings. The van der Waals surface area contributed by atoms with Gasteiger partial charge in [-0.1, -0.05) is 164 Å². The fraction of sp³-hybridized carbons (Fsp3) is 0.0175. The fourth-order valence-corrected chi connectivity index (χ4v) is 9.83. The lowest BCUT2D eigenvalue weighted by Gasteiger charge is -2.34. The second-order valence-corrected chi connectivity index (χ2v) is 16.1. The highest BCUT2D eigenvalue weighted by molar-refractivity contribution is 6.25. The first-order valence-electron chi connectivity index (χ1n) is 21.1. The largest absolute Gasteiger partial charge is 0.456 e. The molecule has 0 saturated carbocycles. The van der Waals surface area contributed by atoms with E-state index in [1.165, 1.54) is 33.4 Å². The standard InChI is InChI=1S/C57H34N4O2/c1-5-15-36(16-6-1)53-59-54(38-26-25-35-28-31-48-50(44(35)33-38)51-49(62-48)32-30-47-52(51)63-56(58-47)37-17-7-2-8-18-37)61-55(60-53)39-27-29-43-42-23-13-14-24-45(42)57(46(43)34-39,40-19-9-3-10-20-40)41-21-11-4-12-22-41/h1-34H. The summed E-state index contributed by atoms with van der Waals surface area (Å²) in [7, 11) is 0. The van der Waals surface area contributed by atoms with Crippen molar-refractivity contribution in [1.82, 2.24) is 19.9 Å². The number of oxazole rings is 1. The smallest absolute Gasteiger partial charge is 0.227 e. The highest BCUT2D eigenvalue weighted by Crippen LogP contribution is 2.56. The predicted octanol–water partition coefficient (Wildman–Crippen LogP) is 14.1. The lowest BCUT2D eigenvalue weighted by Crippen LogP contribution is -2.28. The third-order valence-electron chi connectivity index (χ3n) is 12.6. The third-order valence-corrected chi connectivity index (χ3v) is 12.6. The summed E-state index contributed by atoms with van der Waals surface area (Å²) in [4.78, 5) is 20.6. The van der Waals surface area contributed by atoms with Crippen molar-refractivity contribution in [3.8, 4) is 56.7 Å². The van der Waals surface area contributed by atoms with Gasteiger partial charge >= 0.3 is 0 Å². The molecule has 0 amide bonds. The van der Waals surface area contributed by atoms with E-state index in [-0.39, 0.29) is 0 Å². The molecule has 0 spiro atoms. The number of hydrogen-bond donors (Lipinski definition) is 0. The molecule has 9 aromatic carbocycles. The van der Waals surface area contributed by atoms with Gasteiger partial charge in [0.05, 0.1) is 10.8 Å². The number of rotatable bonds is 6. The second-order valence-electron chi connectivity index (χ2n) is 16.1. The number of fused-ring (bicyclic) bond motifs is 10. The first kappa shape index (κ1) is 35.3. The van der Waals surface area contributed by atoms with Gasteiger partial charge in [0.15, 0.2) is 23.1 Å². The van der Waals surface area contributed by atoms with Crippen LogP contribution in [0.15, 0.2) is 215 Å². The summed E-state index contributed by atoms with van der Waals surface area (Å²) in [6, 6.07) is 71.8. The van der Waals surface area contributed by atoms with E-state index < -0.39 is 5.41 Å². The number of benzene rings is 9.